The summed E-state index contributed by atoms with van der Waals surface area (Å²) in [4.78, 5) is 28.2. The zero-order chi connectivity index (χ0) is 19.1. The van der Waals surface area contributed by atoms with E-state index in [9.17, 15) is 9.59 Å². The predicted molar refractivity (Wildman–Crippen MR) is 109 cm³/mol. The van der Waals surface area contributed by atoms with Crippen molar-refractivity contribution in [3.8, 4) is 0 Å². The van der Waals surface area contributed by atoms with E-state index in [1.54, 1.807) is 11.8 Å². The van der Waals surface area contributed by atoms with E-state index in [1.165, 1.54) is 5.56 Å². The first kappa shape index (κ1) is 19.2. The van der Waals surface area contributed by atoms with Gasteiger partial charge in [-0.2, -0.15) is 0 Å². The summed E-state index contributed by atoms with van der Waals surface area (Å²) < 4.78 is 0. The van der Waals surface area contributed by atoms with E-state index >= 15 is 0 Å². The smallest absolute Gasteiger partial charge is 0.224 e. The number of benzene rings is 2. The predicted octanol–water partition coefficient (Wildman–Crippen LogP) is 3.91. The molecule has 0 N–H and O–H groups in total. The van der Waals surface area contributed by atoms with Gasteiger partial charge < -0.3 is 9.80 Å². The van der Waals surface area contributed by atoms with Crippen molar-refractivity contribution in [1.29, 1.82) is 0 Å². The van der Waals surface area contributed by atoms with Crippen LogP contribution in [0.25, 0.3) is 0 Å². The fourth-order valence-electron chi connectivity index (χ4n) is 3.78. The van der Waals surface area contributed by atoms with Crippen molar-refractivity contribution in [2.24, 2.45) is 5.92 Å². The largest absolute Gasteiger partial charge is 0.343 e. The lowest BCUT2D eigenvalue weighted by Crippen LogP contribution is -2.41. The van der Waals surface area contributed by atoms with E-state index in [-0.39, 0.29) is 11.8 Å². The maximum atomic E-state index is 12.6. The fraction of sp³-hybridized carbons (Fsp3) is 0.391. The van der Waals surface area contributed by atoms with Crippen LogP contribution in [0.15, 0.2) is 60.7 Å². The van der Waals surface area contributed by atoms with Crippen LogP contribution in [-0.2, 0) is 16.0 Å². The summed E-state index contributed by atoms with van der Waals surface area (Å²) in [6, 6.07) is 20.1. The van der Waals surface area contributed by atoms with Crippen LogP contribution in [0.4, 0.5) is 5.69 Å². The van der Waals surface area contributed by atoms with Gasteiger partial charge in [0.05, 0.1) is 0 Å². The number of amides is 2. The van der Waals surface area contributed by atoms with E-state index in [1.807, 2.05) is 41.3 Å². The molecule has 1 aliphatic rings. The molecule has 4 nitrogen and oxygen atoms in total. The van der Waals surface area contributed by atoms with E-state index in [4.69, 9.17) is 0 Å². The number of hydrogen-bond acceptors (Lipinski definition) is 2. The number of nitrogens with zero attached hydrogens (tertiary/aromatic N) is 2. The summed E-state index contributed by atoms with van der Waals surface area (Å²) in [6.07, 6.45) is 3.57. The van der Waals surface area contributed by atoms with Gasteiger partial charge in [0, 0.05) is 38.7 Å². The van der Waals surface area contributed by atoms with Crippen LogP contribution in [0.2, 0.25) is 0 Å². The van der Waals surface area contributed by atoms with Gasteiger partial charge in [-0.05, 0) is 42.9 Å². The van der Waals surface area contributed by atoms with E-state index in [0.29, 0.717) is 18.9 Å². The Labute approximate surface area is 161 Å². The maximum absolute atomic E-state index is 12.6. The second-order valence-electron chi connectivity index (χ2n) is 7.27. The van der Waals surface area contributed by atoms with Gasteiger partial charge in [-0.15, -0.1) is 0 Å². The lowest BCUT2D eigenvalue weighted by Gasteiger charge is -2.32. The summed E-state index contributed by atoms with van der Waals surface area (Å²) in [5.74, 6) is 0.764. The quantitative estimate of drug-likeness (QED) is 0.780. The van der Waals surface area contributed by atoms with Crippen LogP contribution in [-0.4, -0.2) is 36.3 Å². The highest BCUT2D eigenvalue weighted by Crippen LogP contribution is 2.22. The highest BCUT2D eigenvalue weighted by Gasteiger charge is 2.23. The number of likely N-dealkylation sites (tertiary alicyclic amines) is 1. The normalized spacial score (nSPS) is 14.8. The third-order valence-electron chi connectivity index (χ3n) is 5.33. The van der Waals surface area contributed by atoms with Crippen LogP contribution in [0, 0.1) is 5.92 Å². The van der Waals surface area contributed by atoms with Crippen LogP contribution in [0.5, 0.6) is 0 Å². The molecule has 0 saturated carbocycles. The minimum Gasteiger partial charge on any atom is -0.343 e. The Morgan fingerprint density at radius 2 is 1.56 bits per heavy atom. The molecule has 0 radical (unpaired) electrons. The third-order valence-corrected chi connectivity index (χ3v) is 5.33. The molecule has 2 aromatic rings. The molecule has 0 aliphatic carbocycles. The van der Waals surface area contributed by atoms with E-state index in [0.717, 1.165) is 38.0 Å². The lowest BCUT2D eigenvalue weighted by molar-refractivity contribution is -0.132. The standard InChI is InChI=1S/C23H28N2O2/c1-19(26)25(22-10-6-3-7-11-22)17-14-23(27)24-15-12-21(13-16-24)18-20-8-4-2-5-9-20/h2-11,21H,12-18H2,1H3. The molecule has 1 heterocycles. The maximum Gasteiger partial charge on any atom is 0.224 e. The molecule has 4 heteroatoms. The van der Waals surface area contributed by atoms with Crippen LogP contribution >= 0.6 is 0 Å². The first-order chi connectivity index (χ1) is 13.1. The Kier molecular flexibility index (Phi) is 6.64. The van der Waals surface area contributed by atoms with Crippen molar-refractivity contribution < 1.29 is 9.59 Å². The second-order valence-corrected chi connectivity index (χ2v) is 7.27. The van der Waals surface area contributed by atoms with Gasteiger partial charge >= 0.3 is 0 Å². The number of anilines is 1. The summed E-state index contributed by atoms with van der Waals surface area (Å²) in [5.41, 5.74) is 2.22. The molecule has 0 bridgehead atoms. The SMILES string of the molecule is CC(=O)N(CCC(=O)N1CCC(Cc2ccccc2)CC1)c1ccccc1. The molecule has 142 valence electrons. The van der Waals surface area contributed by atoms with Gasteiger partial charge in [0.2, 0.25) is 11.8 Å². The highest BCUT2D eigenvalue weighted by atomic mass is 16.2. The second kappa shape index (κ2) is 9.36. The van der Waals surface area contributed by atoms with Gasteiger partial charge in [-0.1, -0.05) is 48.5 Å². The van der Waals surface area contributed by atoms with Gasteiger partial charge in [0.25, 0.3) is 0 Å². The Hall–Kier alpha value is -2.62. The molecule has 1 fully saturated rings. The van der Waals surface area contributed by atoms with E-state index < -0.39 is 0 Å². The van der Waals surface area contributed by atoms with Crippen molar-refractivity contribution in [1.82, 2.24) is 4.90 Å². The Morgan fingerprint density at radius 3 is 2.15 bits per heavy atom. The minimum atomic E-state index is -0.0319. The van der Waals surface area contributed by atoms with Crippen LogP contribution in [0.1, 0.15) is 31.7 Å². The van der Waals surface area contributed by atoms with Gasteiger partial charge in [-0.25, -0.2) is 0 Å². The van der Waals surface area contributed by atoms with Crippen molar-refractivity contribution in [3.05, 3.63) is 66.2 Å². The zero-order valence-corrected chi connectivity index (χ0v) is 16.0. The average Bonchev–Trinajstić information content (AvgIpc) is 2.70. The molecular formula is C23H28N2O2. The lowest BCUT2D eigenvalue weighted by atomic mass is 9.90. The van der Waals surface area contributed by atoms with E-state index in [2.05, 4.69) is 24.3 Å². The third kappa shape index (κ3) is 5.43. The van der Waals surface area contributed by atoms with Crippen LogP contribution in [0.3, 0.4) is 0 Å². The first-order valence-corrected chi connectivity index (χ1v) is 9.78. The molecule has 0 aromatic heterocycles. The van der Waals surface area contributed by atoms with Gasteiger partial charge in [-0.3, -0.25) is 9.59 Å². The number of para-hydroxylation sites is 1. The minimum absolute atomic E-state index is 0.0319. The Bertz CT molecular complexity index is 737. The fourth-order valence-corrected chi connectivity index (χ4v) is 3.78. The molecule has 27 heavy (non-hydrogen) atoms. The number of hydrogen-bond donors (Lipinski definition) is 0. The molecule has 1 aliphatic heterocycles. The number of rotatable bonds is 6. The summed E-state index contributed by atoms with van der Waals surface area (Å²) in [7, 11) is 0. The van der Waals surface area contributed by atoms with Crippen LogP contribution < -0.4 is 4.90 Å². The molecule has 0 unspecified atom stereocenters. The Morgan fingerprint density at radius 1 is 0.963 bits per heavy atom. The summed E-state index contributed by atoms with van der Waals surface area (Å²) >= 11 is 0. The molecule has 1 saturated heterocycles. The molecule has 0 atom stereocenters. The molecule has 2 aromatic carbocycles. The monoisotopic (exact) mass is 364 g/mol. The Balaban J connectivity index is 1.47. The van der Waals surface area contributed by atoms with Crippen molar-refractivity contribution in [2.75, 3.05) is 24.5 Å². The van der Waals surface area contributed by atoms with Gasteiger partial charge in [0.15, 0.2) is 0 Å². The number of carbonyl (C=O) groups is 2. The summed E-state index contributed by atoms with van der Waals surface area (Å²) in [6.45, 7) is 3.62. The molecule has 3 rings (SSSR count). The number of piperidine rings is 1. The van der Waals surface area contributed by atoms with Crippen molar-refractivity contribution >= 4 is 17.5 Å². The average molecular weight is 364 g/mol. The summed E-state index contributed by atoms with van der Waals surface area (Å²) in [5, 5.41) is 0. The van der Waals surface area contributed by atoms with Crippen molar-refractivity contribution in [2.45, 2.75) is 32.6 Å². The molecule has 2 amide bonds. The molecule has 0 spiro atoms. The van der Waals surface area contributed by atoms with Gasteiger partial charge in [0.1, 0.15) is 0 Å². The molecular weight excluding hydrogens is 336 g/mol. The van der Waals surface area contributed by atoms with Crippen molar-refractivity contribution in [3.63, 3.8) is 0 Å². The highest BCUT2D eigenvalue weighted by molar-refractivity contribution is 5.92. The zero-order valence-electron chi connectivity index (χ0n) is 16.0. The first-order valence-electron chi connectivity index (χ1n) is 9.78. The number of carbonyl (C=O) groups excluding carboxylic acids is 2. The topological polar surface area (TPSA) is 40.6 Å².